The van der Waals surface area contributed by atoms with Gasteiger partial charge in [-0.3, -0.25) is 9.13 Å². The summed E-state index contributed by atoms with van der Waals surface area (Å²) in [4.78, 5) is 22.6. The van der Waals surface area contributed by atoms with Gasteiger partial charge in [0.25, 0.3) is 0 Å². The monoisotopic (exact) mass is 230 g/mol. The Hall–Kier alpha value is -1.84. The minimum Gasteiger partial charge on any atom is -0.303 e. The summed E-state index contributed by atoms with van der Waals surface area (Å²) in [6.45, 7) is 0. The first-order valence-electron chi connectivity index (χ1n) is 5.86. The molecule has 0 atom stereocenters. The molecule has 0 amide bonds. The number of aryl methyl sites for hydroxylation is 1. The minimum absolute atomic E-state index is 0.0470. The number of benzene rings is 1. The van der Waals surface area contributed by atoms with E-state index in [-0.39, 0.29) is 5.69 Å². The van der Waals surface area contributed by atoms with Crippen LogP contribution in [0.4, 0.5) is 0 Å². The highest BCUT2D eigenvalue weighted by Gasteiger charge is 2.28. The second-order valence-electron chi connectivity index (χ2n) is 4.64. The van der Waals surface area contributed by atoms with Gasteiger partial charge in [-0.1, -0.05) is 6.07 Å². The normalized spacial score (nSPS) is 15.4. The topological polar surface area (TPSA) is 44.0 Å². The van der Waals surface area contributed by atoms with Crippen molar-refractivity contribution in [1.82, 2.24) is 9.13 Å². The average Bonchev–Trinajstić information content (AvgIpc) is 3.11. The molecule has 0 radical (unpaired) electrons. The fraction of sp³-hybridized carbons (Fsp3) is 0.385. The van der Waals surface area contributed by atoms with Crippen molar-refractivity contribution in [3.05, 3.63) is 34.2 Å². The summed E-state index contributed by atoms with van der Waals surface area (Å²) in [6.07, 6.45) is 3.47. The number of aldehydes is 1. The van der Waals surface area contributed by atoms with Crippen molar-refractivity contribution in [2.75, 3.05) is 0 Å². The second-order valence-corrected chi connectivity index (χ2v) is 4.64. The molecule has 1 fully saturated rings. The quantitative estimate of drug-likeness (QED) is 0.748. The van der Waals surface area contributed by atoms with E-state index in [1.54, 1.807) is 11.6 Å². The third-order valence-corrected chi connectivity index (χ3v) is 3.38. The van der Waals surface area contributed by atoms with E-state index in [0.29, 0.717) is 12.5 Å². The summed E-state index contributed by atoms with van der Waals surface area (Å²) in [6, 6.07) is 6.19. The van der Waals surface area contributed by atoms with E-state index in [2.05, 4.69) is 0 Å². The lowest BCUT2D eigenvalue weighted by molar-refractivity contribution is -0.107. The molecule has 3 rings (SSSR count). The van der Waals surface area contributed by atoms with Gasteiger partial charge >= 0.3 is 5.69 Å². The van der Waals surface area contributed by atoms with E-state index in [1.165, 1.54) is 0 Å². The standard InChI is InChI=1S/C13H14N2O2/c1-14-12-8-9(6-7-16)2-5-11(12)15(13(14)17)10-3-4-10/h2,5,7-8,10H,3-4,6H2,1H3. The lowest BCUT2D eigenvalue weighted by atomic mass is 10.1. The number of rotatable bonds is 3. The molecule has 0 bridgehead atoms. The van der Waals surface area contributed by atoms with Gasteiger partial charge in [-0.25, -0.2) is 4.79 Å². The van der Waals surface area contributed by atoms with Gasteiger partial charge in [0.1, 0.15) is 6.29 Å². The van der Waals surface area contributed by atoms with Crippen LogP contribution < -0.4 is 5.69 Å². The number of carbonyl (C=O) groups is 1. The third kappa shape index (κ3) is 1.52. The first-order chi connectivity index (χ1) is 8.22. The molecule has 0 unspecified atom stereocenters. The summed E-state index contributed by atoms with van der Waals surface area (Å²) in [5.74, 6) is 0. The number of carbonyl (C=O) groups excluding carboxylic acids is 1. The Morgan fingerprint density at radius 2 is 2.12 bits per heavy atom. The van der Waals surface area contributed by atoms with Crippen molar-refractivity contribution >= 4 is 17.3 Å². The van der Waals surface area contributed by atoms with Crippen molar-refractivity contribution in [3.63, 3.8) is 0 Å². The molecule has 88 valence electrons. The minimum atomic E-state index is 0.0470. The van der Waals surface area contributed by atoms with Gasteiger partial charge in [-0.05, 0) is 30.5 Å². The maximum atomic E-state index is 12.1. The van der Waals surface area contributed by atoms with Crippen LogP contribution in [0.5, 0.6) is 0 Å². The smallest absolute Gasteiger partial charge is 0.303 e. The van der Waals surface area contributed by atoms with Gasteiger partial charge in [0.2, 0.25) is 0 Å². The maximum Gasteiger partial charge on any atom is 0.329 e. The van der Waals surface area contributed by atoms with Crippen LogP contribution in [-0.2, 0) is 18.3 Å². The van der Waals surface area contributed by atoms with E-state index in [0.717, 1.165) is 35.7 Å². The Balaban J connectivity index is 2.27. The van der Waals surface area contributed by atoms with Crippen LogP contribution >= 0.6 is 0 Å². The van der Waals surface area contributed by atoms with Crippen LogP contribution in [0.25, 0.3) is 11.0 Å². The van der Waals surface area contributed by atoms with Crippen LogP contribution in [0.2, 0.25) is 0 Å². The number of fused-ring (bicyclic) bond motifs is 1. The fourth-order valence-corrected chi connectivity index (χ4v) is 2.32. The highest BCUT2D eigenvalue weighted by atomic mass is 16.1. The summed E-state index contributed by atoms with van der Waals surface area (Å²) in [5, 5.41) is 0. The number of aromatic nitrogens is 2. The van der Waals surface area contributed by atoms with Crippen LogP contribution in [0, 0.1) is 0 Å². The van der Waals surface area contributed by atoms with E-state index in [4.69, 9.17) is 0 Å². The average molecular weight is 230 g/mol. The molecule has 1 aliphatic carbocycles. The Labute approximate surface area is 98.5 Å². The molecular weight excluding hydrogens is 216 g/mol. The van der Waals surface area contributed by atoms with Crippen LogP contribution in [0.15, 0.2) is 23.0 Å². The van der Waals surface area contributed by atoms with Gasteiger partial charge in [-0.15, -0.1) is 0 Å². The van der Waals surface area contributed by atoms with Crippen LogP contribution in [-0.4, -0.2) is 15.4 Å². The zero-order valence-electron chi connectivity index (χ0n) is 9.72. The summed E-state index contributed by atoms with van der Waals surface area (Å²) >= 11 is 0. The predicted octanol–water partition coefficient (Wildman–Crippen LogP) is 1.42. The zero-order chi connectivity index (χ0) is 12.0. The van der Waals surface area contributed by atoms with Crippen molar-refractivity contribution in [3.8, 4) is 0 Å². The van der Waals surface area contributed by atoms with Gasteiger partial charge in [0.05, 0.1) is 11.0 Å². The molecule has 1 aromatic heterocycles. The molecule has 1 heterocycles. The van der Waals surface area contributed by atoms with E-state index < -0.39 is 0 Å². The van der Waals surface area contributed by atoms with Crippen LogP contribution in [0.1, 0.15) is 24.4 Å². The molecule has 0 saturated heterocycles. The Kier molecular flexibility index (Phi) is 2.18. The van der Waals surface area contributed by atoms with Crippen molar-refractivity contribution in [2.45, 2.75) is 25.3 Å². The summed E-state index contributed by atoms with van der Waals surface area (Å²) in [7, 11) is 1.79. The highest BCUT2D eigenvalue weighted by molar-refractivity contribution is 5.78. The molecule has 4 heteroatoms. The maximum absolute atomic E-state index is 12.1. The zero-order valence-corrected chi connectivity index (χ0v) is 9.72. The van der Waals surface area contributed by atoms with Crippen molar-refractivity contribution < 1.29 is 4.79 Å². The highest BCUT2D eigenvalue weighted by Crippen LogP contribution is 2.36. The van der Waals surface area contributed by atoms with E-state index in [9.17, 15) is 9.59 Å². The van der Waals surface area contributed by atoms with E-state index >= 15 is 0 Å². The molecular formula is C13H14N2O2. The van der Waals surface area contributed by atoms with Gasteiger partial charge in [-0.2, -0.15) is 0 Å². The molecule has 17 heavy (non-hydrogen) atoms. The van der Waals surface area contributed by atoms with Gasteiger partial charge in [0.15, 0.2) is 0 Å². The molecule has 1 aromatic carbocycles. The lowest BCUT2D eigenvalue weighted by Crippen LogP contribution is -2.21. The van der Waals surface area contributed by atoms with Crippen LogP contribution in [0.3, 0.4) is 0 Å². The Morgan fingerprint density at radius 1 is 1.35 bits per heavy atom. The summed E-state index contributed by atoms with van der Waals surface area (Å²) < 4.78 is 3.54. The fourth-order valence-electron chi connectivity index (χ4n) is 2.32. The Bertz CT molecular complexity index is 647. The number of nitrogens with zero attached hydrogens (tertiary/aromatic N) is 2. The van der Waals surface area contributed by atoms with Gasteiger partial charge < -0.3 is 4.79 Å². The molecule has 0 aliphatic heterocycles. The largest absolute Gasteiger partial charge is 0.329 e. The number of hydrogen-bond donors (Lipinski definition) is 0. The first kappa shape index (κ1) is 10.3. The second kappa shape index (κ2) is 3.58. The molecule has 4 nitrogen and oxygen atoms in total. The number of hydrogen-bond acceptors (Lipinski definition) is 2. The SMILES string of the molecule is Cn1c(=O)n(C2CC2)c2ccc(CC=O)cc21. The summed E-state index contributed by atoms with van der Waals surface area (Å²) in [5.41, 5.74) is 2.90. The predicted molar refractivity (Wildman–Crippen MR) is 65.2 cm³/mol. The molecule has 0 N–H and O–H groups in total. The molecule has 0 spiro atoms. The van der Waals surface area contributed by atoms with Crippen molar-refractivity contribution in [1.29, 1.82) is 0 Å². The van der Waals surface area contributed by atoms with Gasteiger partial charge in [0, 0.05) is 19.5 Å². The van der Waals surface area contributed by atoms with E-state index in [1.807, 2.05) is 22.8 Å². The molecule has 1 saturated carbocycles. The number of imidazole rings is 1. The first-order valence-corrected chi connectivity index (χ1v) is 5.86. The third-order valence-electron chi connectivity index (χ3n) is 3.38. The molecule has 1 aliphatic rings. The lowest BCUT2D eigenvalue weighted by Gasteiger charge is -2.00. The Morgan fingerprint density at radius 3 is 2.76 bits per heavy atom. The van der Waals surface area contributed by atoms with Crippen molar-refractivity contribution in [2.24, 2.45) is 7.05 Å². The molecule has 2 aromatic rings.